The minimum absolute atomic E-state index is 0.0314. The van der Waals surface area contributed by atoms with Crippen molar-refractivity contribution in [2.45, 2.75) is 44.2 Å². The summed E-state index contributed by atoms with van der Waals surface area (Å²) in [6, 6.07) is 17.2. The quantitative estimate of drug-likeness (QED) is 0.375. The average molecular weight is 486 g/mol. The Morgan fingerprint density at radius 2 is 1.46 bits per heavy atom. The monoisotopic (exact) mass is 485 g/mol. The van der Waals surface area contributed by atoms with Crippen LogP contribution in [0.2, 0.25) is 0 Å². The van der Waals surface area contributed by atoms with Crippen LogP contribution in [0.25, 0.3) is 0 Å². The van der Waals surface area contributed by atoms with Gasteiger partial charge in [-0.05, 0) is 36.1 Å². The topological polar surface area (TPSA) is 154 Å². The fraction of sp³-hybridized carbons (Fsp3) is 0.360. The van der Waals surface area contributed by atoms with Crippen molar-refractivity contribution in [3.8, 4) is 5.75 Å². The number of carboxylic acids is 2. The van der Waals surface area contributed by atoms with E-state index in [-0.39, 0.29) is 24.5 Å². The Bertz CT molecular complexity index is 962. The first-order valence-electron chi connectivity index (χ1n) is 11.3. The molecule has 0 aliphatic heterocycles. The van der Waals surface area contributed by atoms with E-state index >= 15 is 0 Å². The Balaban J connectivity index is 0.000000641. The molecule has 10 heteroatoms. The zero-order valence-electron chi connectivity index (χ0n) is 19.5. The van der Waals surface area contributed by atoms with Crippen LogP contribution in [0.3, 0.4) is 0 Å². The normalized spacial score (nSPS) is 14.0. The number of carboxylic acid groups (broad SMARTS) is 2. The second-order valence-electron chi connectivity index (χ2n) is 7.96. The lowest BCUT2D eigenvalue weighted by Gasteiger charge is -2.23. The number of hydrogen-bond donors (Lipinski definition) is 5. The van der Waals surface area contributed by atoms with E-state index in [1.807, 2.05) is 54.6 Å². The van der Waals surface area contributed by atoms with Crippen molar-refractivity contribution >= 4 is 23.9 Å². The van der Waals surface area contributed by atoms with Crippen LogP contribution in [-0.4, -0.2) is 53.8 Å². The smallest absolute Gasteiger partial charge is 0.414 e. The van der Waals surface area contributed by atoms with Crippen molar-refractivity contribution in [3.63, 3.8) is 0 Å². The molecule has 10 nitrogen and oxygen atoms in total. The summed E-state index contributed by atoms with van der Waals surface area (Å²) in [5, 5.41) is 23.4. The lowest BCUT2D eigenvalue weighted by molar-refractivity contribution is -0.159. The number of rotatable bonds is 7. The molecule has 2 aromatic rings. The predicted molar refractivity (Wildman–Crippen MR) is 128 cm³/mol. The molecule has 1 aliphatic carbocycles. The van der Waals surface area contributed by atoms with Crippen LogP contribution in [0.15, 0.2) is 54.6 Å². The molecule has 1 saturated carbocycles. The minimum atomic E-state index is -1.82. The van der Waals surface area contributed by atoms with Gasteiger partial charge in [0, 0.05) is 6.04 Å². The number of aliphatic carboxylic acids is 2. The Labute approximate surface area is 203 Å². The molecule has 1 fully saturated rings. The van der Waals surface area contributed by atoms with E-state index in [2.05, 4.69) is 16.0 Å². The molecular formula is C25H31N3O7. The van der Waals surface area contributed by atoms with Gasteiger partial charge in [-0.3, -0.25) is 15.4 Å². The van der Waals surface area contributed by atoms with E-state index in [4.69, 9.17) is 24.5 Å². The first-order valence-corrected chi connectivity index (χ1v) is 11.3. The molecule has 0 aromatic heterocycles. The predicted octanol–water partition coefficient (Wildman–Crippen LogP) is 2.69. The Morgan fingerprint density at radius 1 is 0.886 bits per heavy atom. The number of urea groups is 1. The van der Waals surface area contributed by atoms with Gasteiger partial charge in [0.15, 0.2) is 0 Å². The molecule has 3 amide bonds. The van der Waals surface area contributed by atoms with E-state index in [1.54, 1.807) is 7.11 Å². The first-order chi connectivity index (χ1) is 16.8. The number of hydrogen-bond acceptors (Lipinski definition) is 6. The van der Waals surface area contributed by atoms with Crippen molar-refractivity contribution < 1.29 is 34.1 Å². The number of ether oxygens (including phenoxy) is 1. The summed E-state index contributed by atoms with van der Waals surface area (Å²) in [7, 11) is 1.63. The summed E-state index contributed by atoms with van der Waals surface area (Å²) >= 11 is 0. The summed E-state index contributed by atoms with van der Waals surface area (Å²) < 4.78 is 5.23. The molecule has 0 bridgehead atoms. The number of nitrogens with one attached hydrogen (secondary N) is 3. The molecule has 1 aliphatic rings. The number of methoxy groups -OCH3 is 1. The van der Waals surface area contributed by atoms with Crippen LogP contribution in [0.1, 0.15) is 49.3 Å². The summed E-state index contributed by atoms with van der Waals surface area (Å²) in [4.78, 5) is 42.6. The lowest BCUT2D eigenvalue weighted by Crippen LogP contribution is -2.47. The summed E-state index contributed by atoms with van der Waals surface area (Å²) in [5.41, 5.74) is 2.05. The SMILES string of the molecule is COc1ccc(C(NCC(=O)NC(=O)NC2CCCCC2)c2ccccc2)cc1.O=C(O)C(=O)O. The van der Waals surface area contributed by atoms with Gasteiger partial charge in [-0.1, -0.05) is 61.7 Å². The summed E-state index contributed by atoms with van der Waals surface area (Å²) in [6.45, 7) is 0.0314. The second-order valence-corrected chi connectivity index (χ2v) is 7.96. The highest BCUT2D eigenvalue weighted by Gasteiger charge is 2.19. The van der Waals surface area contributed by atoms with Crippen molar-refractivity contribution in [1.29, 1.82) is 0 Å². The number of carbonyl (C=O) groups excluding carboxylic acids is 2. The van der Waals surface area contributed by atoms with Gasteiger partial charge in [-0.15, -0.1) is 0 Å². The van der Waals surface area contributed by atoms with E-state index < -0.39 is 18.0 Å². The van der Waals surface area contributed by atoms with E-state index in [9.17, 15) is 9.59 Å². The highest BCUT2D eigenvalue weighted by Crippen LogP contribution is 2.24. The van der Waals surface area contributed by atoms with Gasteiger partial charge in [0.05, 0.1) is 19.7 Å². The van der Waals surface area contributed by atoms with Crippen LogP contribution in [0.4, 0.5) is 4.79 Å². The number of carbonyl (C=O) groups is 4. The van der Waals surface area contributed by atoms with Gasteiger partial charge in [-0.2, -0.15) is 0 Å². The van der Waals surface area contributed by atoms with E-state index in [0.29, 0.717) is 0 Å². The molecule has 35 heavy (non-hydrogen) atoms. The molecule has 0 saturated heterocycles. The minimum Gasteiger partial charge on any atom is -0.497 e. The van der Waals surface area contributed by atoms with Crippen molar-refractivity contribution in [2.75, 3.05) is 13.7 Å². The number of amides is 3. The zero-order chi connectivity index (χ0) is 25.6. The molecule has 188 valence electrons. The molecule has 1 unspecified atom stereocenters. The van der Waals surface area contributed by atoms with Crippen molar-refractivity contribution in [3.05, 3.63) is 65.7 Å². The van der Waals surface area contributed by atoms with E-state index in [0.717, 1.165) is 42.6 Å². The molecule has 0 spiro atoms. The highest BCUT2D eigenvalue weighted by molar-refractivity contribution is 6.27. The van der Waals surface area contributed by atoms with Gasteiger partial charge in [0.1, 0.15) is 5.75 Å². The molecular weight excluding hydrogens is 454 g/mol. The van der Waals surface area contributed by atoms with E-state index in [1.165, 1.54) is 6.42 Å². The van der Waals surface area contributed by atoms with Crippen molar-refractivity contribution in [2.24, 2.45) is 0 Å². The summed E-state index contributed by atoms with van der Waals surface area (Å²) in [6.07, 6.45) is 5.43. The van der Waals surface area contributed by atoms with Crippen LogP contribution in [0, 0.1) is 0 Å². The maximum Gasteiger partial charge on any atom is 0.414 e. The Hall–Kier alpha value is -3.92. The third kappa shape index (κ3) is 9.85. The van der Waals surface area contributed by atoms with Gasteiger partial charge in [0.25, 0.3) is 0 Å². The maximum absolute atomic E-state index is 12.3. The zero-order valence-corrected chi connectivity index (χ0v) is 19.5. The third-order valence-electron chi connectivity index (χ3n) is 5.43. The standard InChI is InChI=1S/C23H29N3O3.C2H2O4/c1-29-20-14-12-18(13-15-20)22(17-8-4-2-5-9-17)24-16-21(27)26-23(28)25-19-10-6-3-7-11-19;3-1(4)2(5)6/h2,4-5,8-9,12-15,19,22,24H,3,6-7,10-11,16H2,1H3,(H2,25,26,27,28);(H,3,4)(H,5,6). The number of imide groups is 1. The average Bonchev–Trinajstić information content (AvgIpc) is 2.86. The molecule has 3 rings (SSSR count). The third-order valence-corrected chi connectivity index (χ3v) is 5.43. The van der Waals surface area contributed by atoms with Gasteiger partial charge >= 0.3 is 18.0 Å². The molecule has 5 N–H and O–H groups in total. The van der Waals surface area contributed by atoms with Crippen molar-refractivity contribution in [1.82, 2.24) is 16.0 Å². The van der Waals surface area contributed by atoms with Crippen LogP contribution >= 0.6 is 0 Å². The Kier molecular flexibility index (Phi) is 11.2. The van der Waals surface area contributed by atoms with Gasteiger partial charge in [-0.25, -0.2) is 14.4 Å². The maximum atomic E-state index is 12.3. The van der Waals surface area contributed by atoms with Gasteiger partial charge in [0.2, 0.25) is 5.91 Å². The largest absolute Gasteiger partial charge is 0.497 e. The summed E-state index contributed by atoms with van der Waals surface area (Å²) in [5.74, 6) is -3.23. The molecule has 0 heterocycles. The van der Waals surface area contributed by atoms with Crippen LogP contribution in [-0.2, 0) is 14.4 Å². The lowest BCUT2D eigenvalue weighted by atomic mass is 9.96. The molecule has 2 aromatic carbocycles. The van der Waals surface area contributed by atoms with Crippen LogP contribution < -0.4 is 20.7 Å². The second kappa shape index (κ2) is 14.4. The first kappa shape index (κ1) is 27.3. The number of benzene rings is 2. The molecule has 1 atom stereocenters. The Morgan fingerprint density at radius 3 is 2.00 bits per heavy atom. The van der Waals surface area contributed by atoms with Gasteiger partial charge < -0.3 is 20.3 Å². The highest BCUT2D eigenvalue weighted by atomic mass is 16.5. The fourth-order valence-electron chi connectivity index (χ4n) is 3.70. The fourth-order valence-corrected chi connectivity index (χ4v) is 3.70. The molecule has 0 radical (unpaired) electrons. The van der Waals surface area contributed by atoms with Crippen LogP contribution in [0.5, 0.6) is 5.75 Å².